The van der Waals surface area contributed by atoms with Crippen LogP contribution in [0.25, 0.3) is 0 Å². The molecule has 9 heavy (non-hydrogen) atoms. The van der Waals surface area contributed by atoms with Crippen LogP contribution >= 0.6 is 0 Å². The quantitative estimate of drug-likeness (QED) is 0.385. The van der Waals surface area contributed by atoms with Gasteiger partial charge < -0.3 is 11.5 Å². The lowest BCUT2D eigenvalue weighted by Gasteiger charge is -1.94. The number of hydrogen-bond donors (Lipinski definition) is 2. The summed E-state index contributed by atoms with van der Waals surface area (Å²) in [6.45, 7) is 0. The molecule has 0 heterocycles. The third-order valence-electron chi connectivity index (χ3n) is 0.996. The summed E-state index contributed by atoms with van der Waals surface area (Å²) in [5.41, 5.74) is 12.1. The maximum atomic E-state index is 5.39. The molecule has 0 fully saturated rings. The Hall–Kier alpha value is -1.12. The van der Waals surface area contributed by atoms with E-state index in [-0.39, 0.29) is 8.41 Å². The van der Waals surface area contributed by atoms with Gasteiger partial charge in [0.15, 0.2) is 0 Å². The summed E-state index contributed by atoms with van der Waals surface area (Å²) >= 11 is 0. The zero-order valence-corrected chi connectivity index (χ0v) is 5.04. The van der Waals surface area contributed by atoms with Crippen LogP contribution < -0.4 is 11.5 Å². The molecule has 1 rings (SSSR count). The minimum Gasteiger partial charge on any atom is -0.397 e. The molecule has 0 unspecified atom stereocenters. The van der Waals surface area contributed by atoms with Crippen molar-refractivity contribution in [3.8, 4) is 0 Å². The monoisotopic (exact) mass is 119 g/mol. The summed E-state index contributed by atoms with van der Waals surface area (Å²) in [6.07, 6.45) is 0. The number of nitrogens with two attached hydrogens (primary N) is 2. The lowest BCUT2D eigenvalue weighted by atomic mass is 10.3. The van der Waals surface area contributed by atoms with Crippen LogP contribution in [0.2, 0.25) is 0 Å². The van der Waals surface area contributed by atoms with E-state index in [9.17, 15) is 0 Å². The first-order valence-corrected chi connectivity index (χ1v) is 2.40. The van der Waals surface area contributed by atoms with E-state index in [0.717, 1.165) is 0 Å². The van der Waals surface area contributed by atoms with Crippen LogP contribution in [-0.4, -0.2) is 8.41 Å². The Labute approximate surface area is 56.4 Å². The highest BCUT2D eigenvalue weighted by molar-refractivity contribution is 5.75. The number of hydrogen-bond acceptors (Lipinski definition) is 2. The zero-order valence-electron chi connectivity index (χ0n) is 5.04. The number of para-hydroxylation sites is 2. The van der Waals surface area contributed by atoms with Gasteiger partial charge in [-0.15, -0.1) is 0 Å². The van der Waals surface area contributed by atoms with E-state index in [1.54, 1.807) is 12.1 Å². The van der Waals surface area contributed by atoms with Gasteiger partial charge >= 0.3 is 0 Å². The van der Waals surface area contributed by atoms with Crippen LogP contribution in [-0.2, 0) is 0 Å². The Morgan fingerprint density at radius 1 is 0.889 bits per heavy atom. The molecule has 0 aromatic heterocycles. The smallest absolute Gasteiger partial charge is 0.0547 e. The molecular formula is C6H8BN2. The van der Waals surface area contributed by atoms with E-state index in [1.165, 1.54) is 0 Å². The second-order valence-electron chi connectivity index (χ2n) is 1.63. The van der Waals surface area contributed by atoms with Crippen molar-refractivity contribution >= 4 is 19.8 Å². The van der Waals surface area contributed by atoms with E-state index < -0.39 is 0 Å². The Morgan fingerprint density at radius 2 is 1.22 bits per heavy atom. The highest BCUT2D eigenvalue weighted by Crippen LogP contribution is 2.10. The standard InChI is InChI=1S/C6H8N2.B/c7-5-3-1-2-4-6(5)8;/h1-4H,7-8H2;. The Balaban J connectivity index is 0.000000640. The van der Waals surface area contributed by atoms with Crippen LogP contribution in [0.3, 0.4) is 0 Å². The molecule has 45 valence electrons. The molecule has 0 amide bonds. The number of benzene rings is 1. The van der Waals surface area contributed by atoms with Crippen molar-refractivity contribution < 1.29 is 0 Å². The van der Waals surface area contributed by atoms with Crippen molar-refractivity contribution in [3.05, 3.63) is 24.3 Å². The van der Waals surface area contributed by atoms with Crippen molar-refractivity contribution in [2.24, 2.45) is 0 Å². The van der Waals surface area contributed by atoms with E-state index in [1.807, 2.05) is 12.1 Å². The molecule has 3 heteroatoms. The number of nitrogen functional groups attached to an aromatic ring is 2. The zero-order chi connectivity index (χ0) is 5.98. The fourth-order valence-electron chi connectivity index (χ4n) is 0.511. The van der Waals surface area contributed by atoms with Gasteiger partial charge in [-0.25, -0.2) is 0 Å². The van der Waals surface area contributed by atoms with Crippen molar-refractivity contribution in [3.63, 3.8) is 0 Å². The van der Waals surface area contributed by atoms with Crippen LogP contribution in [0.4, 0.5) is 11.4 Å². The normalized spacial score (nSPS) is 8.00. The van der Waals surface area contributed by atoms with Gasteiger partial charge in [0.2, 0.25) is 0 Å². The summed E-state index contributed by atoms with van der Waals surface area (Å²) < 4.78 is 0. The van der Waals surface area contributed by atoms with Gasteiger partial charge in [-0.2, -0.15) is 0 Å². The molecule has 0 spiro atoms. The van der Waals surface area contributed by atoms with Gasteiger partial charge in [0, 0.05) is 8.41 Å². The first kappa shape index (κ1) is 7.88. The van der Waals surface area contributed by atoms with Gasteiger partial charge in [0.25, 0.3) is 0 Å². The predicted octanol–water partition coefficient (Wildman–Crippen LogP) is 0.470. The first-order chi connectivity index (χ1) is 3.80. The summed E-state index contributed by atoms with van der Waals surface area (Å²) in [7, 11) is 0. The Morgan fingerprint density at radius 3 is 1.44 bits per heavy atom. The predicted molar refractivity (Wildman–Crippen MR) is 41.0 cm³/mol. The molecule has 4 N–H and O–H groups in total. The van der Waals surface area contributed by atoms with Crippen molar-refractivity contribution in [2.75, 3.05) is 11.5 Å². The molecule has 1 aromatic carbocycles. The van der Waals surface area contributed by atoms with Gasteiger partial charge in [0.1, 0.15) is 0 Å². The number of rotatable bonds is 0. The Kier molecular flexibility index (Phi) is 2.65. The average Bonchev–Trinajstić information content (AvgIpc) is 1.77. The fourth-order valence-corrected chi connectivity index (χ4v) is 0.511. The lowest BCUT2D eigenvalue weighted by Crippen LogP contribution is -1.91. The minimum absolute atomic E-state index is 0. The average molecular weight is 119 g/mol. The third kappa shape index (κ3) is 1.68. The fraction of sp³-hybridized carbons (Fsp3) is 0. The summed E-state index contributed by atoms with van der Waals surface area (Å²) in [5.74, 6) is 0. The van der Waals surface area contributed by atoms with Crippen molar-refractivity contribution in [1.29, 1.82) is 0 Å². The molecule has 3 radical (unpaired) electrons. The van der Waals surface area contributed by atoms with Crippen LogP contribution in [0.15, 0.2) is 24.3 Å². The molecule has 1 aromatic rings. The second kappa shape index (κ2) is 3.02. The number of anilines is 2. The molecule has 0 atom stereocenters. The minimum atomic E-state index is 0. The van der Waals surface area contributed by atoms with E-state index in [4.69, 9.17) is 11.5 Å². The highest BCUT2D eigenvalue weighted by Gasteiger charge is 1.85. The molecule has 0 saturated heterocycles. The maximum absolute atomic E-state index is 5.39. The van der Waals surface area contributed by atoms with Crippen LogP contribution in [0.5, 0.6) is 0 Å². The topological polar surface area (TPSA) is 52.0 Å². The Bertz CT molecular complexity index is 167. The third-order valence-corrected chi connectivity index (χ3v) is 0.996. The second-order valence-corrected chi connectivity index (χ2v) is 1.63. The van der Waals surface area contributed by atoms with Gasteiger partial charge in [-0.05, 0) is 12.1 Å². The lowest BCUT2D eigenvalue weighted by molar-refractivity contribution is 1.67. The van der Waals surface area contributed by atoms with Crippen molar-refractivity contribution in [1.82, 2.24) is 0 Å². The summed E-state index contributed by atoms with van der Waals surface area (Å²) in [5, 5.41) is 0. The van der Waals surface area contributed by atoms with Gasteiger partial charge in [-0.1, -0.05) is 12.1 Å². The first-order valence-electron chi connectivity index (χ1n) is 2.40. The van der Waals surface area contributed by atoms with Gasteiger partial charge in [-0.3, -0.25) is 0 Å². The van der Waals surface area contributed by atoms with Crippen molar-refractivity contribution in [2.45, 2.75) is 0 Å². The molecule has 0 bridgehead atoms. The van der Waals surface area contributed by atoms with Gasteiger partial charge in [0.05, 0.1) is 11.4 Å². The highest BCUT2D eigenvalue weighted by atomic mass is 14.7. The molecule has 0 aliphatic rings. The summed E-state index contributed by atoms with van der Waals surface area (Å²) in [4.78, 5) is 0. The maximum Gasteiger partial charge on any atom is 0.0547 e. The molecule has 2 nitrogen and oxygen atoms in total. The molecular weight excluding hydrogens is 111 g/mol. The summed E-state index contributed by atoms with van der Waals surface area (Å²) in [6, 6.07) is 7.25. The van der Waals surface area contributed by atoms with E-state index in [2.05, 4.69) is 0 Å². The molecule has 0 aliphatic heterocycles. The van der Waals surface area contributed by atoms with E-state index in [0.29, 0.717) is 11.4 Å². The SMILES string of the molecule is Nc1ccccc1N.[B]. The van der Waals surface area contributed by atoms with Crippen LogP contribution in [0, 0.1) is 0 Å². The molecule has 0 saturated carbocycles. The van der Waals surface area contributed by atoms with Crippen LogP contribution in [0.1, 0.15) is 0 Å². The molecule has 0 aliphatic carbocycles. The van der Waals surface area contributed by atoms with E-state index >= 15 is 0 Å². The largest absolute Gasteiger partial charge is 0.397 e.